The predicted molar refractivity (Wildman–Crippen MR) is 123 cm³/mol. The highest BCUT2D eigenvalue weighted by atomic mass is 35.5. The molecule has 8 heteroatoms. The van der Waals surface area contributed by atoms with E-state index in [9.17, 15) is 4.79 Å². The van der Waals surface area contributed by atoms with Gasteiger partial charge in [-0.3, -0.25) is 9.69 Å². The maximum absolute atomic E-state index is 12.6. The molecular weight excluding hydrogens is 426 g/mol. The maximum Gasteiger partial charge on any atom is 0.230 e. The number of benzene rings is 1. The quantitative estimate of drug-likeness (QED) is 0.707. The van der Waals surface area contributed by atoms with Gasteiger partial charge in [0, 0.05) is 55.6 Å². The molecule has 2 saturated heterocycles. The van der Waals surface area contributed by atoms with Crippen molar-refractivity contribution >= 4 is 23.2 Å². The highest BCUT2D eigenvalue weighted by Gasteiger charge is 2.38. The molecule has 1 aliphatic carbocycles. The first-order chi connectivity index (χ1) is 15.7. The number of ether oxygens (including phenoxy) is 1. The number of fused-ring (bicyclic) bond motifs is 1. The van der Waals surface area contributed by atoms with Gasteiger partial charge < -0.3 is 25.2 Å². The molecule has 32 heavy (non-hydrogen) atoms. The van der Waals surface area contributed by atoms with Gasteiger partial charge >= 0.3 is 0 Å². The Morgan fingerprint density at radius 3 is 2.50 bits per heavy atom. The number of halogens is 1. The minimum absolute atomic E-state index is 0.0763. The summed E-state index contributed by atoms with van der Waals surface area (Å²) in [7, 11) is 0. The summed E-state index contributed by atoms with van der Waals surface area (Å²) in [6.45, 7) is 6.31. The third-order valence-corrected chi connectivity index (χ3v) is 7.47. The summed E-state index contributed by atoms with van der Waals surface area (Å²) in [6, 6.07) is 8.11. The fourth-order valence-corrected chi connectivity index (χ4v) is 5.14. The van der Waals surface area contributed by atoms with Crippen molar-refractivity contribution in [3.8, 4) is 0 Å². The van der Waals surface area contributed by atoms with Crippen LogP contribution >= 0.6 is 11.6 Å². The Balaban J connectivity index is 1.22. The Bertz CT molecular complexity index is 946. The molecule has 0 aromatic heterocycles. The number of hydrogen-bond donors (Lipinski definition) is 2. The van der Waals surface area contributed by atoms with E-state index in [-0.39, 0.29) is 18.0 Å². The van der Waals surface area contributed by atoms with Crippen LogP contribution in [0, 0.1) is 11.8 Å². The molecule has 4 aliphatic heterocycles. The van der Waals surface area contributed by atoms with E-state index < -0.39 is 0 Å². The summed E-state index contributed by atoms with van der Waals surface area (Å²) >= 11 is 6.15. The molecule has 5 aliphatic rings. The molecule has 0 radical (unpaired) electrons. The topological polar surface area (TPSA) is 60.1 Å². The van der Waals surface area contributed by atoms with Crippen molar-refractivity contribution in [2.75, 3.05) is 52.5 Å². The zero-order valence-electron chi connectivity index (χ0n) is 18.2. The average molecular weight is 456 g/mol. The van der Waals surface area contributed by atoms with E-state index in [4.69, 9.17) is 16.3 Å². The lowest BCUT2D eigenvalue weighted by Gasteiger charge is -2.39. The van der Waals surface area contributed by atoms with E-state index in [1.54, 1.807) is 0 Å². The van der Waals surface area contributed by atoms with Crippen molar-refractivity contribution < 1.29 is 9.53 Å². The van der Waals surface area contributed by atoms with Crippen molar-refractivity contribution in [3.05, 3.63) is 52.4 Å². The summed E-state index contributed by atoms with van der Waals surface area (Å²) in [4.78, 5) is 19.5. The van der Waals surface area contributed by atoms with E-state index >= 15 is 0 Å². The second kappa shape index (κ2) is 8.28. The lowest BCUT2D eigenvalue weighted by Crippen LogP contribution is -2.54. The Kier molecular flexibility index (Phi) is 5.28. The number of piperazine rings is 1. The van der Waals surface area contributed by atoms with Gasteiger partial charge in [-0.25, -0.2) is 0 Å². The summed E-state index contributed by atoms with van der Waals surface area (Å²) in [5, 5.41) is 8.15. The van der Waals surface area contributed by atoms with Crippen LogP contribution in [0.1, 0.15) is 18.4 Å². The summed E-state index contributed by atoms with van der Waals surface area (Å²) in [6.07, 6.45) is 5.12. The molecule has 170 valence electrons. The van der Waals surface area contributed by atoms with Crippen LogP contribution in [0.5, 0.6) is 0 Å². The van der Waals surface area contributed by atoms with Crippen LogP contribution < -0.4 is 10.6 Å². The van der Waals surface area contributed by atoms with Crippen LogP contribution in [-0.2, 0) is 9.53 Å². The van der Waals surface area contributed by atoms with Crippen molar-refractivity contribution in [1.29, 1.82) is 0 Å². The molecule has 7 nitrogen and oxygen atoms in total. The number of amides is 1. The third-order valence-electron chi connectivity index (χ3n) is 7.22. The van der Waals surface area contributed by atoms with Crippen LogP contribution in [-0.4, -0.2) is 79.3 Å². The highest BCUT2D eigenvalue weighted by Crippen LogP contribution is 2.39. The van der Waals surface area contributed by atoms with Gasteiger partial charge in [-0.1, -0.05) is 23.7 Å². The number of nitrogens with one attached hydrogen (secondary N) is 2. The minimum atomic E-state index is 0.0763. The first kappa shape index (κ1) is 20.4. The lowest BCUT2D eigenvalue weighted by atomic mass is 10.1. The molecule has 1 aromatic carbocycles. The number of allylic oxidation sites excluding steroid dienone is 1. The van der Waals surface area contributed by atoms with E-state index in [0.717, 1.165) is 44.3 Å². The van der Waals surface area contributed by atoms with Crippen molar-refractivity contribution in [3.63, 3.8) is 0 Å². The molecule has 1 amide bonds. The van der Waals surface area contributed by atoms with Gasteiger partial charge in [-0.2, -0.15) is 0 Å². The number of hydrogen-bond acceptors (Lipinski definition) is 6. The Hall–Kier alpha value is -2.22. The Morgan fingerprint density at radius 2 is 1.84 bits per heavy atom. The van der Waals surface area contributed by atoms with Crippen LogP contribution in [0.15, 0.2) is 41.9 Å². The first-order valence-electron chi connectivity index (χ1n) is 11.7. The second-order valence-corrected chi connectivity index (χ2v) is 9.91. The molecule has 3 fully saturated rings. The van der Waals surface area contributed by atoms with Crippen LogP contribution in [0.4, 0.5) is 0 Å². The fourth-order valence-electron chi connectivity index (χ4n) is 5.01. The summed E-state index contributed by atoms with van der Waals surface area (Å²) in [5.41, 5.74) is 5.03. The molecule has 4 heterocycles. The van der Waals surface area contributed by atoms with Crippen LogP contribution in [0.25, 0.3) is 5.70 Å². The molecule has 0 bridgehead atoms. The molecule has 1 unspecified atom stereocenters. The summed E-state index contributed by atoms with van der Waals surface area (Å²) in [5.74, 6) is 1.04. The smallest absolute Gasteiger partial charge is 0.230 e. The second-order valence-electron chi connectivity index (χ2n) is 9.47. The predicted octanol–water partition coefficient (Wildman–Crippen LogP) is 1.89. The van der Waals surface area contributed by atoms with E-state index in [1.807, 2.05) is 17.0 Å². The Labute approximate surface area is 194 Å². The fraction of sp³-hybridized carbons (Fsp3) is 0.542. The van der Waals surface area contributed by atoms with E-state index in [0.29, 0.717) is 19.1 Å². The average Bonchev–Trinajstić information content (AvgIpc) is 3.56. The van der Waals surface area contributed by atoms with Crippen LogP contribution in [0.3, 0.4) is 0 Å². The number of nitrogens with zero attached hydrogens (tertiary/aromatic N) is 3. The van der Waals surface area contributed by atoms with Gasteiger partial charge in [-0.05, 0) is 30.5 Å². The number of rotatable bonds is 5. The van der Waals surface area contributed by atoms with Crippen LogP contribution in [0.2, 0.25) is 5.02 Å². The number of carbonyl (C=O) groups is 1. The van der Waals surface area contributed by atoms with Crippen molar-refractivity contribution in [2.24, 2.45) is 11.8 Å². The number of carbonyl (C=O) groups excluding carboxylic acids is 1. The molecule has 2 N–H and O–H groups in total. The highest BCUT2D eigenvalue weighted by molar-refractivity contribution is 6.30. The lowest BCUT2D eigenvalue weighted by molar-refractivity contribution is -0.151. The van der Waals surface area contributed by atoms with Gasteiger partial charge in [0.1, 0.15) is 6.17 Å². The van der Waals surface area contributed by atoms with Crippen molar-refractivity contribution in [1.82, 2.24) is 25.3 Å². The molecule has 0 spiro atoms. The zero-order valence-corrected chi connectivity index (χ0v) is 19.0. The van der Waals surface area contributed by atoms with E-state index in [2.05, 4.69) is 38.8 Å². The molecule has 6 rings (SSSR count). The zero-order chi connectivity index (χ0) is 21.7. The third kappa shape index (κ3) is 3.87. The Morgan fingerprint density at radius 1 is 1.09 bits per heavy atom. The molecule has 1 atom stereocenters. The largest absolute Gasteiger partial charge is 0.383 e. The van der Waals surface area contributed by atoms with Crippen molar-refractivity contribution in [2.45, 2.75) is 19.0 Å². The first-order valence-corrected chi connectivity index (χ1v) is 12.1. The minimum Gasteiger partial charge on any atom is -0.383 e. The van der Waals surface area contributed by atoms with Gasteiger partial charge in [0.05, 0.1) is 37.1 Å². The van der Waals surface area contributed by atoms with Gasteiger partial charge in [0.2, 0.25) is 5.91 Å². The van der Waals surface area contributed by atoms with Gasteiger partial charge in [-0.15, -0.1) is 0 Å². The van der Waals surface area contributed by atoms with Gasteiger partial charge in [0.25, 0.3) is 0 Å². The SMILES string of the molecule is O=C(C1COC1)N1CCN(CC2=C(c3ccc(Cl)cc3)NC3CNC(C4CC4)=CN23)CC1. The van der Waals surface area contributed by atoms with E-state index in [1.165, 1.54) is 35.5 Å². The monoisotopic (exact) mass is 455 g/mol. The summed E-state index contributed by atoms with van der Waals surface area (Å²) < 4.78 is 5.20. The normalized spacial score (nSPS) is 26.3. The molecule has 1 saturated carbocycles. The molecular formula is C24H30ClN5O2. The van der Waals surface area contributed by atoms with Gasteiger partial charge in [0.15, 0.2) is 0 Å². The molecule has 1 aromatic rings. The maximum atomic E-state index is 12.6. The standard InChI is InChI=1S/C24H30ClN5O2/c25-19-5-3-17(4-6-19)23-21(30-12-20(16-1-2-16)26-11-22(30)27-23)13-28-7-9-29(10-8-28)24(31)18-14-32-15-18/h3-6,12,16,18,22,26-27H,1-2,7-11,13-15H2.